The average Bonchev–Trinajstić information content (AvgIpc) is 2.75. The molecule has 0 fully saturated rings. The molecule has 0 aliphatic carbocycles. The molecule has 0 atom stereocenters. The Balaban J connectivity index is 2.12. The van der Waals surface area contributed by atoms with E-state index in [2.05, 4.69) is 19.7 Å². The molecule has 0 bridgehead atoms. The number of rotatable bonds is 4. The van der Waals surface area contributed by atoms with Gasteiger partial charge in [-0.3, -0.25) is 0 Å². The maximum Gasteiger partial charge on any atom is 0.265 e. The summed E-state index contributed by atoms with van der Waals surface area (Å²) in [6, 6.07) is 9.07. The number of hydrogen-bond acceptors (Lipinski definition) is 6. The molecule has 1 aromatic carbocycles. The molecule has 0 saturated carbocycles. The van der Waals surface area contributed by atoms with E-state index in [0.717, 1.165) is 5.56 Å². The number of aromatic nitrogens is 2. The van der Waals surface area contributed by atoms with Crippen LogP contribution >= 0.6 is 0 Å². The van der Waals surface area contributed by atoms with Crippen LogP contribution in [-0.4, -0.2) is 18.7 Å². The van der Waals surface area contributed by atoms with Crippen LogP contribution in [0, 0.1) is 0 Å². The van der Waals surface area contributed by atoms with Crippen molar-refractivity contribution < 1.29 is 13.0 Å². The Labute approximate surface area is 97.6 Å². The summed E-state index contributed by atoms with van der Waals surface area (Å²) >= 11 is 0. The molecule has 90 valence electrons. The molecule has 17 heavy (non-hydrogen) atoms. The summed E-state index contributed by atoms with van der Waals surface area (Å²) in [6.45, 7) is 0.148. The van der Waals surface area contributed by atoms with Gasteiger partial charge in [0.05, 0.1) is 0 Å². The van der Waals surface area contributed by atoms with Gasteiger partial charge in [0.1, 0.15) is 0 Å². The lowest BCUT2D eigenvalue weighted by atomic mass is 10.2. The highest BCUT2D eigenvalue weighted by atomic mass is 32.2. The maximum atomic E-state index is 11.7. The minimum absolute atomic E-state index is 0.148. The van der Waals surface area contributed by atoms with Crippen LogP contribution in [0.1, 0.15) is 5.56 Å². The molecule has 2 rings (SSSR count). The molecule has 0 spiro atoms. The fourth-order valence-electron chi connectivity index (χ4n) is 1.22. The van der Waals surface area contributed by atoms with Gasteiger partial charge in [-0.2, -0.15) is 0 Å². The third-order valence-electron chi connectivity index (χ3n) is 2.05. The molecule has 0 amide bonds. The first-order chi connectivity index (χ1) is 8.09. The highest BCUT2D eigenvalue weighted by Gasteiger charge is 2.22. The largest absolute Gasteiger partial charge is 0.378 e. The number of hydrogen-bond donors (Lipinski definition) is 2. The topological polar surface area (TPSA) is 111 Å². The molecule has 8 heteroatoms. The van der Waals surface area contributed by atoms with Gasteiger partial charge in [-0.05, 0) is 15.9 Å². The van der Waals surface area contributed by atoms with Crippen LogP contribution in [0.25, 0.3) is 0 Å². The van der Waals surface area contributed by atoms with Crippen molar-refractivity contribution in [2.75, 3.05) is 5.73 Å². The monoisotopic (exact) mass is 254 g/mol. The smallest absolute Gasteiger partial charge is 0.265 e. The predicted molar refractivity (Wildman–Crippen MR) is 59.2 cm³/mol. The number of benzene rings is 1. The molecule has 1 heterocycles. The summed E-state index contributed by atoms with van der Waals surface area (Å²) in [5.41, 5.74) is 6.13. The van der Waals surface area contributed by atoms with E-state index in [9.17, 15) is 8.42 Å². The number of sulfonamides is 1. The van der Waals surface area contributed by atoms with Crippen molar-refractivity contribution in [3.05, 3.63) is 35.9 Å². The molecule has 0 saturated heterocycles. The van der Waals surface area contributed by atoms with E-state index in [1.54, 1.807) is 12.1 Å². The Morgan fingerprint density at radius 3 is 2.53 bits per heavy atom. The highest BCUT2D eigenvalue weighted by molar-refractivity contribution is 7.89. The van der Waals surface area contributed by atoms with Gasteiger partial charge in [0.2, 0.25) is 5.82 Å². The van der Waals surface area contributed by atoms with Gasteiger partial charge in [0, 0.05) is 6.54 Å². The van der Waals surface area contributed by atoms with E-state index in [4.69, 9.17) is 5.73 Å². The Kier molecular flexibility index (Phi) is 3.07. The first kappa shape index (κ1) is 11.6. The van der Waals surface area contributed by atoms with Crippen LogP contribution in [-0.2, 0) is 16.6 Å². The average molecular weight is 254 g/mol. The minimum atomic E-state index is -3.79. The number of nitrogens with one attached hydrogen (secondary N) is 1. The van der Waals surface area contributed by atoms with Crippen molar-refractivity contribution in [3.8, 4) is 0 Å². The molecule has 0 radical (unpaired) electrons. The molecule has 1 aromatic heterocycles. The third kappa shape index (κ3) is 2.60. The van der Waals surface area contributed by atoms with E-state index >= 15 is 0 Å². The van der Waals surface area contributed by atoms with Crippen molar-refractivity contribution >= 4 is 15.8 Å². The fraction of sp³-hybridized carbons (Fsp3) is 0.111. The van der Waals surface area contributed by atoms with E-state index < -0.39 is 15.0 Å². The Morgan fingerprint density at radius 2 is 1.94 bits per heavy atom. The molecule has 3 N–H and O–H groups in total. The second-order valence-corrected chi connectivity index (χ2v) is 4.95. The summed E-state index contributed by atoms with van der Waals surface area (Å²) in [5.74, 6) is -0.259. The summed E-state index contributed by atoms with van der Waals surface area (Å²) in [4.78, 5) is 0. The molecule has 0 aliphatic heterocycles. The zero-order chi connectivity index (χ0) is 12.3. The van der Waals surface area contributed by atoms with Crippen molar-refractivity contribution in [3.63, 3.8) is 0 Å². The van der Waals surface area contributed by atoms with Crippen molar-refractivity contribution in [2.24, 2.45) is 0 Å². The summed E-state index contributed by atoms with van der Waals surface area (Å²) in [7, 11) is -3.79. The van der Waals surface area contributed by atoms with Crippen LogP contribution in [0.3, 0.4) is 0 Å². The lowest BCUT2D eigenvalue weighted by Crippen LogP contribution is -2.24. The van der Waals surface area contributed by atoms with Gasteiger partial charge in [-0.1, -0.05) is 30.3 Å². The van der Waals surface area contributed by atoms with E-state index in [0.29, 0.717) is 0 Å². The van der Waals surface area contributed by atoms with E-state index in [-0.39, 0.29) is 12.4 Å². The van der Waals surface area contributed by atoms with Crippen LogP contribution < -0.4 is 10.5 Å². The molecule has 0 unspecified atom stereocenters. The van der Waals surface area contributed by atoms with E-state index in [1.807, 2.05) is 18.2 Å². The SMILES string of the molecule is Nc1nonc1S(=O)(=O)NCc1ccccc1. The Bertz CT molecular complexity index is 594. The van der Waals surface area contributed by atoms with Gasteiger partial charge >= 0.3 is 0 Å². The van der Waals surface area contributed by atoms with Crippen molar-refractivity contribution in [1.82, 2.24) is 15.0 Å². The zero-order valence-corrected chi connectivity index (χ0v) is 9.52. The standard InChI is InChI=1S/C9H10N4O3S/c10-8-9(13-16-12-8)17(14,15)11-6-7-4-2-1-3-5-7/h1-5,11H,6H2,(H2,10,12). The lowest BCUT2D eigenvalue weighted by Gasteiger charge is -2.03. The first-order valence-corrected chi connectivity index (χ1v) is 6.19. The molecule has 7 nitrogen and oxygen atoms in total. The van der Waals surface area contributed by atoms with Gasteiger partial charge in [0.25, 0.3) is 15.0 Å². The fourth-order valence-corrected chi connectivity index (χ4v) is 2.15. The third-order valence-corrected chi connectivity index (χ3v) is 3.36. The zero-order valence-electron chi connectivity index (χ0n) is 8.70. The van der Waals surface area contributed by atoms with Crippen LogP contribution in [0.5, 0.6) is 0 Å². The Hall–Kier alpha value is -1.93. The highest BCUT2D eigenvalue weighted by Crippen LogP contribution is 2.12. The van der Waals surface area contributed by atoms with Crippen molar-refractivity contribution in [2.45, 2.75) is 11.6 Å². The van der Waals surface area contributed by atoms with Gasteiger partial charge in [-0.25, -0.2) is 17.8 Å². The second kappa shape index (κ2) is 4.52. The predicted octanol–water partition coefficient (Wildman–Crippen LogP) is 0.130. The number of nitrogen functional groups attached to an aromatic ring is 1. The molecule has 2 aromatic rings. The lowest BCUT2D eigenvalue weighted by molar-refractivity contribution is 0.298. The van der Waals surface area contributed by atoms with Crippen molar-refractivity contribution in [1.29, 1.82) is 0 Å². The number of anilines is 1. The van der Waals surface area contributed by atoms with Crippen LogP contribution in [0.15, 0.2) is 40.0 Å². The Morgan fingerprint density at radius 1 is 1.24 bits per heavy atom. The van der Waals surface area contributed by atoms with Gasteiger partial charge in [-0.15, -0.1) is 0 Å². The normalized spacial score (nSPS) is 11.5. The molecule has 0 aliphatic rings. The van der Waals surface area contributed by atoms with Crippen LogP contribution in [0.4, 0.5) is 5.82 Å². The van der Waals surface area contributed by atoms with Gasteiger partial charge in [0.15, 0.2) is 0 Å². The molecular weight excluding hydrogens is 244 g/mol. The first-order valence-electron chi connectivity index (χ1n) is 4.71. The number of nitrogens with two attached hydrogens (primary N) is 1. The van der Waals surface area contributed by atoms with Gasteiger partial charge < -0.3 is 5.73 Å². The maximum absolute atomic E-state index is 11.7. The van der Waals surface area contributed by atoms with Crippen LogP contribution in [0.2, 0.25) is 0 Å². The minimum Gasteiger partial charge on any atom is -0.378 e. The summed E-state index contributed by atoms with van der Waals surface area (Å²) in [6.07, 6.45) is 0. The van der Waals surface area contributed by atoms with E-state index in [1.165, 1.54) is 0 Å². The molecular formula is C9H10N4O3S. The summed E-state index contributed by atoms with van der Waals surface area (Å²) < 4.78 is 30.1. The quantitative estimate of drug-likeness (QED) is 0.802. The second-order valence-electron chi connectivity index (χ2n) is 3.26. The summed E-state index contributed by atoms with van der Waals surface area (Å²) in [5, 5.41) is 6.05. The number of nitrogens with zero attached hydrogens (tertiary/aromatic N) is 2.